The molecule has 1 heterocycles. The van der Waals surface area contributed by atoms with Gasteiger partial charge in [-0.2, -0.15) is 13.2 Å². The molecule has 36 heavy (non-hydrogen) atoms. The molecule has 0 saturated heterocycles. The summed E-state index contributed by atoms with van der Waals surface area (Å²) in [5.41, 5.74) is 2.06. The number of carbonyl (C=O) groups excluding carboxylic acids is 1. The van der Waals surface area contributed by atoms with E-state index in [1.165, 1.54) is 25.6 Å². The number of para-hydroxylation sites is 1. The molecule has 4 aromatic rings. The molecule has 1 amide bonds. The number of benzene rings is 3. The summed E-state index contributed by atoms with van der Waals surface area (Å²) in [4.78, 5) is 21.1. The molecular formula is C26H23F3N4O3. The molecule has 2 N–H and O–H groups in total. The maximum Gasteiger partial charge on any atom is 0.416 e. The summed E-state index contributed by atoms with van der Waals surface area (Å²) in [6.07, 6.45) is -2.17. The van der Waals surface area contributed by atoms with Gasteiger partial charge in [-0.3, -0.25) is 4.79 Å². The van der Waals surface area contributed by atoms with E-state index in [1.54, 1.807) is 12.1 Å². The molecule has 186 valence electrons. The van der Waals surface area contributed by atoms with Gasteiger partial charge in [-0.1, -0.05) is 25.1 Å². The molecule has 0 radical (unpaired) electrons. The van der Waals surface area contributed by atoms with Gasteiger partial charge in [0.05, 0.1) is 18.2 Å². The van der Waals surface area contributed by atoms with Gasteiger partial charge in [0, 0.05) is 22.8 Å². The largest absolute Gasteiger partial charge is 0.493 e. The van der Waals surface area contributed by atoms with Gasteiger partial charge < -0.3 is 20.1 Å². The topological polar surface area (TPSA) is 85.4 Å². The van der Waals surface area contributed by atoms with Gasteiger partial charge in [-0.25, -0.2) is 9.97 Å². The van der Waals surface area contributed by atoms with Gasteiger partial charge in [0.15, 0.2) is 18.1 Å². The number of hydrogen-bond acceptors (Lipinski definition) is 6. The lowest BCUT2D eigenvalue weighted by Gasteiger charge is -2.15. The number of nitrogens with one attached hydrogen (secondary N) is 2. The predicted molar refractivity (Wildman–Crippen MR) is 131 cm³/mol. The van der Waals surface area contributed by atoms with E-state index < -0.39 is 24.3 Å². The van der Waals surface area contributed by atoms with Gasteiger partial charge in [0.1, 0.15) is 12.1 Å². The van der Waals surface area contributed by atoms with Crippen LogP contribution in [0.3, 0.4) is 0 Å². The summed E-state index contributed by atoms with van der Waals surface area (Å²) < 4.78 is 49.3. The number of ether oxygens (including phenoxy) is 2. The lowest BCUT2D eigenvalue weighted by Crippen LogP contribution is -2.20. The number of halogens is 3. The maximum atomic E-state index is 12.7. The molecule has 3 aromatic carbocycles. The van der Waals surface area contributed by atoms with E-state index in [2.05, 4.69) is 27.5 Å². The molecule has 0 spiro atoms. The van der Waals surface area contributed by atoms with Crippen LogP contribution in [0.2, 0.25) is 0 Å². The van der Waals surface area contributed by atoms with E-state index in [0.29, 0.717) is 22.5 Å². The van der Waals surface area contributed by atoms with Crippen LogP contribution in [0.25, 0.3) is 10.9 Å². The monoisotopic (exact) mass is 496 g/mol. The number of aromatic nitrogens is 2. The molecule has 0 saturated carbocycles. The van der Waals surface area contributed by atoms with Crippen LogP contribution < -0.4 is 20.1 Å². The molecule has 1 aromatic heterocycles. The van der Waals surface area contributed by atoms with Crippen LogP contribution in [-0.4, -0.2) is 29.6 Å². The predicted octanol–water partition coefficient (Wildman–Crippen LogP) is 5.98. The Hall–Kier alpha value is -4.34. The third kappa shape index (κ3) is 5.65. The highest BCUT2D eigenvalue weighted by Gasteiger charge is 2.30. The molecule has 0 bridgehead atoms. The van der Waals surface area contributed by atoms with Gasteiger partial charge in [-0.05, 0) is 48.4 Å². The lowest BCUT2D eigenvalue weighted by atomic mass is 10.1. The lowest BCUT2D eigenvalue weighted by molar-refractivity contribution is -0.137. The van der Waals surface area contributed by atoms with E-state index >= 15 is 0 Å². The van der Waals surface area contributed by atoms with Crippen LogP contribution in [-0.2, 0) is 17.4 Å². The first-order chi connectivity index (χ1) is 17.3. The zero-order valence-electron chi connectivity index (χ0n) is 19.5. The fourth-order valence-electron chi connectivity index (χ4n) is 3.60. The number of hydrogen-bond donors (Lipinski definition) is 2. The maximum absolute atomic E-state index is 12.7. The number of methoxy groups -OCH3 is 1. The second-order valence-corrected chi connectivity index (χ2v) is 7.79. The van der Waals surface area contributed by atoms with E-state index in [0.717, 1.165) is 29.8 Å². The highest BCUT2D eigenvalue weighted by molar-refractivity contribution is 5.94. The summed E-state index contributed by atoms with van der Waals surface area (Å²) in [5, 5.41) is 6.50. The average molecular weight is 496 g/mol. The third-order valence-electron chi connectivity index (χ3n) is 5.43. The van der Waals surface area contributed by atoms with Gasteiger partial charge >= 0.3 is 6.18 Å². The molecule has 10 heteroatoms. The molecule has 0 aliphatic rings. The Bertz CT molecular complexity index is 1380. The highest BCUT2D eigenvalue weighted by Crippen LogP contribution is 2.35. The molecule has 0 atom stereocenters. The van der Waals surface area contributed by atoms with Crippen molar-refractivity contribution in [3.05, 3.63) is 78.1 Å². The van der Waals surface area contributed by atoms with Crippen molar-refractivity contribution in [3.8, 4) is 11.5 Å². The van der Waals surface area contributed by atoms with Crippen LogP contribution in [0.5, 0.6) is 11.5 Å². The average Bonchev–Trinajstić information content (AvgIpc) is 2.87. The van der Waals surface area contributed by atoms with Crippen LogP contribution in [0.4, 0.5) is 30.4 Å². The van der Waals surface area contributed by atoms with Crippen molar-refractivity contribution in [1.82, 2.24) is 9.97 Å². The standard InChI is InChI=1S/C26H23F3N4O3/c1-3-16-6-4-5-7-20(16)33-25-19-12-23(22(35-2)13-21(19)30-15-31-25)36-14-24(34)32-18-10-8-17(9-11-18)26(27,28)29/h4-13,15H,3,14H2,1-2H3,(H,32,34)(H,30,31,33). The third-order valence-corrected chi connectivity index (χ3v) is 5.43. The summed E-state index contributed by atoms with van der Waals surface area (Å²) in [6, 6.07) is 15.4. The van der Waals surface area contributed by atoms with Crippen molar-refractivity contribution < 1.29 is 27.4 Å². The van der Waals surface area contributed by atoms with E-state index in [4.69, 9.17) is 9.47 Å². The number of alkyl halides is 3. The van der Waals surface area contributed by atoms with Crippen molar-refractivity contribution in [3.63, 3.8) is 0 Å². The number of carbonyl (C=O) groups is 1. The molecule has 4 rings (SSSR count). The Morgan fingerprint density at radius 2 is 1.75 bits per heavy atom. The zero-order chi connectivity index (χ0) is 25.7. The summed E-state index contributed by atoms with van der Waals surface area (Å²) in [5.74, 6) is 0.664. The molecule has 0 aliphatic carbocycles. The molecule has 0 unspecified atom stereocenters. The smallest absolute Gasteiger partial charge is 0.416 e. The van der Waals surface area contributed by atoms with Crippen molar-refractivity contribution >= 4 is 34.0 Å². The minimum atomic E-state index is -4.45. The molecular weight excluding hydrogens is 473 g/mol. The number of rotatable bonds is 8. The number of aryl methyl sites for hydroxylation is 1. The Labute approximate surface area is 205 Å². The normalized spacial score (nSPS) is 11.2. The fourth-order valence-corrected chi connectivity index (χ4v) is 3.60. The number of fused-ring (bicyclic) bond motifs is 1. The first kappa shape index (κ1) is 24.8. The second kappa shape index (κ2) is 10.5. The summed E-state index contributed by atoms with van der Waals surface area (Å²) >= 11 is 0. The number of nitrogens with zero attached hydrogens (tertiary/aromatic N) is 2. The minimum absolute atomic E-state index is 0.219. The first-order valence-electron chi connectivity index (χ1n) is 11.1. The van der Waals surface area contributed by atoms with Crippen molar-refractivity contribution in [2.75, 3.05) is 24.4 Å². The summed E-state index contributed by atoms with van der Waals surface area (Å²) in [6.45, 7) is 1.67. The van der Waals surface area contributed by atoms with Crippen LogP contribution in [0, 0.1) is 0 Å². The highest BCUT2D eigenvalue weighted by atomic mass is 19.4. The Morgan fingerprint density at radius 3 is 2.44 bits per heavy atom. The van der Waals surface area contributed by atoms with Crippen LogP contribution in [0.15, 0.2) is 67.0 Å². The quantitative estimate of drug-likeness (QED) is 0.312. The molecule has 0 aliphatic heterocycles. The fraction of sp³-hybridized carbons (Fsp3) is 0.192. The SMILES string of the molecule is CCc1ccccc1Nc1ncnc2cc(OC)c(OCC(=O)Nc3ccc(C(F)(F)F)cc3)cc12. The second-order valence-electron chi connectivity index (χ2n) is 7.79. The molecule has 7 nitrogen and oxygen atoms in total. The van der Waals surface area contributed by atoms with E-state index in [1.807, 2.05) is 24.3 Å². The Balaban J connectivity index is 1.53. The summed E-state index contributed by atoms with van der Waals surface area (Å²) in [7, 11) is 1.47. The molecule has 0 fully saturated rings. The van der Waals surface area contributed by atoms with Gasteiger partial charge in [0.2, 0.25) is 0 Å². The van der Waals surface area contributed by atoms with Crippen molar-refractivity contribution in [1.29, 1.82) is 0 Å². The van der Waals surface area contributed by atoms with Crippen molar-refractivity contribution in [2.24, 2.45) is 0 Å². The van der Waals surface area contributed by atoms with Crippen LogP contribution in [0.1, 0.15) is 18.1 Å². The Morgan fingerprint density at radius 1 is 1.00 bits per heavy atom. The number of anilines is 3. The minimum Gasteiger partial charge on any atom is -0.493 e. The van der Waals surface area contributed by atoms with E-state index in [9.17, 15) is 18.0 Å². The van der Waals surface area contributed by atoms with Crippen LogP contribution >= 0.6 is 0 Å². The van der Waals surface area contributed by atoms with Crippen molar-refractivity contribution in [2.45, 2.75) is 19.5 Å². The van der Waals surface area contributed by atoms with E-state index in [-0.39, 0.29) is 11.4 Å². The van der Waals surface area contributed by atoms with Gasteiger partial charge in [0.25, 0.3) is 5.91 Å². The Kier molecular flexibility index (Phi) is 7.23. The number of amides is 1. The zero-order valence-corrected chi connectivity index (χ0v) is 19.5. The first-order valence-corrected chi connectivity index (χ1v) is 11.1. The van der Waals surface area contributed by atoms with Gasteiger partial charge in [-0.15, -0.1) is 0 Å².